The summed E-state index contributed by atoms with van der Waals surface area (Å²) < 4.78 is 10.2. The standard InChI is InChI=1S/C12H14Cl2O3/c1-8(6-16-2)17-7-12(15)10-5-9(13)3-4-11(10)14/h3-5,8H,6-7H2,1-2H3. The van der Waals surface area contributed by atoms with Crippen LogP contribution in [0.25, 0.3) is 0 Å². The molecule has 0 heterocycles. The minimum absolute atomic E-state index is 0.0371. The Hall–Kier alpha value is -0.610. The zero-order valence-corrected chi connectivity index (χ0v) is 11.2. The molecular formula is C12H14Cl2O3. The van der Waals surface area contributed by atoms with Crippen molar-refractivity contribution in [3.8, 4) is 0 Å². The molecule has 5 heteroatoms. The van der Waals surface area contributed by atoms with Crippen molar-refractivity contribution in [1.29, 1.82) is 0 Å². The van der Waals surface area contributed by atoms with Crippen LogP contribution in [0.5, 0.6) is 0 Å². The third-order valence-electron chi connectivity index (χ3n) is 2.13. The zero-order valence-electron chi connectivity index (χ0n) is 9.70. The average Bonchev–Trinajstić information content (AvgIpc) is 2.29. The molecular weight excluding hydrogens is 263 g/mol. The van der Waals surface area contributed by atoms with E-state index < -0.39 is 0 Å². The Kier molecular flexibility index (Phi) is 5.92. The fourth-order valence-electron chi connectivity index (χ4n) is 1.29. The summed E-state index contributed by atoms with van der Waals surface area (Å²) in [5, 5.41) is 0.852. The minimum Gasteiger partial charge on any atom is -0.382 e. The minimum atomic E-state index is -0.194. The lowest BCUT2D eigenvalue weighted by Crippen LogP contribution is -2.20. The molecule has 0 bridgehead atoms. The first-order chi connectivity index (χ1) is 8.04. The van der Waals surface area contributed by atoms with E-state index in [2.05, 4.69) is 0 Å². The smallest absolute Gasteiger partial charge is 0.190 e. The van der Waals surface area contributed by atoms with E-state index in [-0.39, 0.29) is 18.5 Å². The highest BCUT2D eigenvalue weighted by molar-refractivity contribution is 6.35. The van der Waals surface area contributed by atoms with E-state index in [1.165, 1.54) is 6.07 Å². The molecule has 0 saturated carbocycles. The van der Waals surface area contributed by atoms with Gasteiger partial charge in [0.1, 0.15) is 6.61 Å². The highest BCUT2D eigenvalue weighted by atomic mass is 35.5. The van der Waals surface area contributed by atoms with Gasteiger partial charge in [0.05, 0.1) is 17.7 Å². The summed E-state index contributed by atoms with van der Waals surface area (Å²) in [7, 11) is 1.58. The molecule has 1 aromatic rings. The Bertz CT molecular complexity index is 393. The average molecular weight is 277 g/mol. The molecule has 0 saturated heterocycles. The number of carbonyl (C=O) groups excluding carboxylic acids is 1. The van der Waals surface area contributed by atoms with Crippen LogP contribution in [0.3, 0.4) is 0 Å². The number of ketones is 1. The van der Waals surface area contributed by atoms with Gasteiger partial charge in [0.2, 0.25) is 0 Å². The first-order valence-electron chi connectivity index (χ1n) is 5.13. The fourth-order valence-corrected chi connectivity index (χ4v) is 1.68. The van der Waals surface area contributed by atoms with Crippen LogP contribution in [0.2, 0.25) is 10.0 Å². The van der Waals surface area contributed by atoms with Crippen LogP contribution in [-0.2, 0) is 9.47 Å². The number of methoxy groups -OCH3 is 1. The van der Waals surface area contributed by atoms with Crippen LogP contribution in [0.15, 0.2) is 18.2 Å². The van der Waals surface area contributed by atoms with Crippen molar-refractivity contribution in [3.63, 3.8) is 0 Å². The van der Waals surface area contributed by atoms with Crippen LogP contribution in [0.1, 0.15) is 17.3 Å². The highest BCUT2D eigenvalue weighted by Gasteiger charge is 2.13. The lowest BCUT2D eigenvalue weighted by Gasteiger charge is -2.11. The van der Waals surface area contributed by atoms with Gasteiger partial charge >= 0.3 is 0 Å². The molecule has 0 aromatic heterocycles. The summed E-state index contributed by atoms with van der Waals surface area (Å²) in [6.07, 6.45) is -0.137. The molecule has 94 valence electrons. The van der Waals surface area contributed by atoms with Crippen LogP contribution < -0.4 is 0 Å². The molecule has 3 nitrogen and oxygen atoms in total. The van der Waals surface area contributed by atoms with E-state index in [9.17, 15) is 4.79 Å². The van der Waals surface area contributed by atoms with Crippen molar-refractivity contribution in [2.75, 3.05) is 20.3 Å². The Morgan fingerprint density at radius 1 is 1.41 bits per heavy atom. The van der Waals surface area contributed by atoms with Crippen LogP contribution in [0.4, 0.5) is 0 Å². The Morgan fingerprint density at radius 3 is 2.76 bits per heavy atom. The number of hydrogen-bond donors (Lipinski definition) is 0. The Morgan fingerprint density at radius 2 is 2.12 bits per heavy atom. The van der Waals surface area contributed by atoms with Crippen LogP contribution in [0, 0.1) is 0 Å². The SMILES string of the molecule is COCC(C)OCC(=O)c1cc(Cl)ccc1Cl. The molecule has 0 N–H and O–H groups in total. The van der Waals surface area contributed by atoms with Gasteiger partial charge in [-0.1, -0.05) is 23.2 Å². The summed E-state index contributed by atoms with van der Waals surface area (Å²) in [6.45, 7) is 2.23. The van der Waals surface area contributed by atoms with Gasteiger partial charge in [-0.25, -0.2) is 0 Å². The first-order valence-corrected chi connectivity index (χ1v) is 5.89. The summed E-state index contributed by atoms with van der Waals surface area (Å²) in [6, 6.07) is 4.77. The second-order valence-corrected chi connectivity index (χ2v) is 4.47. The number of halogens is 2. The molecule has 0 aliphatic carbocycles. The predicted octanol–water partition coefficient (Wildman–Crippen LogP) is 3.23. The van der Waals surface area contributed by atoms with Gasteiger partial charge in [-0.2, -0.15) is 0 Å². The van der Waals surface area contributed by atoms with Crippen molar-refractivity contribution in [2.24, 2.45) is 0 Å². The van der Waals surface area contributed by atoms with E-state index in [1.54, 1.807) is 19.2 Å². The predicted molar refractivity (Wildman–Crippen MR) is 68.1 cm³/mol. The molecule has 1 unspecified atom stereocenters. The maximum absolute atomic E-state index is 11.8. The number of rotatable bonds is 6. The Balaban J connectivity index is 2.61. The van der Waals surface area contributed by atoms with Crippen molar-refractivity contribution < 1.29 is 14.3 Å². The van der Waals surface area contributed by atoms with Gasteiger partial charge < -0.3 is 9.47 Å². The summed E-state index contributed by atoms with van der Waals surface area (Å²) in [4.78, 5) is 11.8. The zero-order chi connectivity index (χ0) is 12.8. The van der Waals surface area contributed by atoms with Gasteiger partial charge in [0.25, 0.3) is 0 Å². The molecule has 0 aliphatic heterocycles. The van der Waals surface area contributed by atoms with Crippen molar-refractivity contribution in [3.05, 3.63) is 33.8 Å². The molecule has 1 atom stereocenters. The molecule has 0 aliphatic rings. The lowest BCUT2D eigenvalue weighted by atomic mass is 10.1. The van der Waals surface area contributed by atoms with Crippen molar-refractivity contribution in [1.82, 2.24) is 0 Å². The van der Waals surface area contributed by atoms with Gasteiger partial charge in [-0.15, -0.1) is 0 Å². The third-order valence-corrected chi connectivity index (χ3v) is 2.69. The molecule has 0 fully saturated rings. The van der Waals surface area contributed by atoms with E-state index in [1.807, 2.05) is 6.92 Å². The van der Waals surface area contributed by atoms with Gasteiger partial charge in [-0.3, -0.25) is 4.79 Å². The maximum atomic E-state index is 11.8. The number of hydrogen-bond acceptors (Lipinski definition) is 3. The molecule has 17 heavy (non-hydrogen) atoms. The van der Waals surface area contributed by atoms with E-state index >= 15 is 0 Å². The monoisotopic (exact) mass is 276 g/mol. The number of benzene rings is 1. The van der Waals surface area contributed by atoms with Gasteiger partial charge in [-0.05, 0) is 25.1 Å². The van der Waals surface area contributed by atoms with Crippen LogP contribution >= 0.6 is 23.2 Å². The van der Waals surface area contributed by atoms with E-state index in [0.29, 0.717) is 22.2 Å². The fraction of sp³-hybridized carbons (Fsp3) is 0.417. The number of carbonyl (C=O) groups is 1. The van der Waals surface area contributed by atoms with Crippen LogP contribution in [-0.4, -0.2) is 32.2 Å². The molecule has 1 rings (SSSR count). The highest BCUT2D eigenvalue weighted by Crippen LogP contribution is 2.21. The first kappa shape index (κ1) is 14.5. The second-order valence-electron chi connectivity index (χ2n) is 3.62. The lowest BCUT2D eigenvalue weighted by molar-refractivity contribution is 0.0125. The Labute approximate surface area is 111 Å². The molecule has 1 aromatic carbocycles. The van der Waals surface area contributed by atoms with E-state index in [0.717, 1.165) is 0 Å². The van der Waals surface area contributed by atoms with Crippen molar-refractivity contribution >= 4 is 29.0 Å². The second kappa shape index (κ2) is 6.97. The van der Waals surface area contributed by atoms with Gasteiger partial charge in [0, 0.05) is 17.7 Å². The molecule has 0 radical (unpaired) electrons. The number of ether oxygens (including phenoxy) is 2. The number of Topliss-reactive ketones (excluding diaryl/α,β-unsaturated/α-hetero) is 1. The summed E-state index contributed by atoms with van der Waals surface area (Å²) in [5.74, 6) is -0.194. The summed E-state index contributed by atoms with van der Waals surface area (Å²) >= 11 is 11.7. The quantitative estimate of drug-likeness (QED) is 0.749. The molecule has 0 spiro atoms. The van der Waals surface area contributed by atoms with E-state index in [4.69, 9.17) is 32.7 Å². The topological polar surface area (TPSA) is 35.5 Å². The largest absolute Gasteiger partial charge is 0.382 e. The summed E-state index contributed by atoms with van der Waals surface area (Å²) in [5.41, 5.74) is 0.379. The third kappa shape index (κ3) is 4.64. The van der Waals surface area contributed by atoms with Gasteiger partial charge in [0.15, 0.2) is 5.78 Å². The van der Waals surface area contributed by atoms with Crippen molar-refractivity contribution in [2.45, 2.75) is 13.0 Å². The normalized spacial score (nSPS) is 12.5. The maximum Gasteiger partial charge on any atom is 0.190 e. The molecule has 0 amide bonds.